The van der Waals surface area contributed by atoms with E-state index in [9.17, 15) is 0 Å². The number of aromatic nitrogens is 5. The minimum Gasteiger partial charge on any atom is -0.261 e. The van der Waals surface area contributed by atoms with Gasteiger partial charge in [-0.25, -0.2) is 4.68 Å². The minimum absolute atomic E-state index is 0.481. The summed E-state index contributed by atoms with van der Waals surface area (Å²) in [5.41, 5.74) is 1.06. The Balaban J connectivity index is 1.97. The van der Waals surface area contributed by atoms with E-state index in [2.05, 4.69) is 34.4 Å². The van der Waals surface area contributed by atoms with Crippen LogP contribution in [0.15, 0.2) is 29.6 Å². The fourth-order valence-corrected chi connectivity index (χ4v) is 2.15. The molecule has 2 heterocycles. The molecule has 0 saturated heterocycles. The largest absolute Gasteiger partial charge is 0.261 e. The predicted octanol–water partition coefficient (Wildman–Crippen LogP) is 1.81. The molecule has 0 bridgehead atoms. The Labute approximate surface area is 105 Å². The summed E-state index contributed by atoms with van der Waals surface area (Å²) < 4.78 is 1.83. The zero-order valence-corrected chi connectivity index (χ0v) is 10.8. The normalized spacial score (nSPS) is 11.0. The highest BCUT2D eigenvalue weighted by molar-refractivity contribution is 7.99. The SMILES string of the molecule is CC(C)Sc1nnnn1CCc1ccccn1. The summed E-state index contributed by atoms with van der Waals surface area (Å²) in [6, 6.07) is 5.92. The van der Waals surface area contributed by atoms with Gasteiger partial charge in [0.2, 0.25) is 5.16 Å². The van der Waals surface area contributed by atoms with E-state index in [1.807, 2.05) is 22.9 Å². The second-order valence-corrected chi connectivity index (χ2v) is 5.47. The van der Waals surface area contributed by atoms with E-state index in [-0.39, 0.29) is 0 Å². The highest BCUT2D eigenvalue weighted by Crippen LogP contribution is 2.19. The molecule has 0 saturated carbocycles. The van der Waals surface area contributed by atoms with Crippen LogP contribution in [0, 0.1) is 0 Å². The van der Waals surface area contributed by atoms with Crippen molar-refractivity contribution < 1.29 is 0 Å². The van der Waals surface area contributed by atoms with Crippen molar-refractivity contribution in [2.75, 3.05) is 0 Å². The Morgan fingerprint density at radius 2 is 2.24 bits per heavy atom. The maximum atomic E-state index is 4.28. The van der Waals surface area contributed by atoms with Gasteiger partial charge in [0.05, 0.1) is 6.54 Å². The van der Waals surface area contributed by atoms with E-state index < -0.39 is 0 Å². The van der Waals surface area contributed by atoms with Gasteiger partial charge in [0.15, 0.2) is 0 Å². The molecule has 0 aliphatic rings. The van der Waals surface area contributed by atoms with E-state index in [1.165, 1.54) is 0 Å². The monoisotopic (exact) mass is 249 g/mol. The van der Waals surface area contributed by atoms with Gasteiger partial charge in [0.1, 0.15) is 0 Å². The molecule has 2 rings (SSSR count). The molecule has 6 heteroatoms. The van der Waals surface area contributed by atoms with Crippen molar-refractivity contribution in [1.82, 2.24) is 25.2 Å². The van der Waals surface area contributed by atoms with Crippen molar-refractivity contribution in [3.8, 4) is 0 Å². The molecule has 90 valence electrons. The maximum absolute atomic E-state index is 4.28. The van der Waals surface area contributed by atoms with Crippen molar-refractivity contribution in [3.63, 3.8) is 0 Å². The Morgan fingerprint density at radius 3 is 2.94 bits per heavy atom. The summed E-state index contributed by atoms with van der Waals surface area (Å²) in [7, 11) is 0. The van der Waals surface area contributed by atoms with Crippen molar-refractivity contribution in [2.45, 2.75) is 37.2 Å². The summed E-state index contributed by atoms with van der Waals surface area (Å²) in [5, 5.41) is 13.1. The first kappa shape index (κ1) is 12.0. The molecule has 5 nitrogen and oxygen atoms in total. The highest BCUT2D eigenvalue weighted by Gasteiger charge is 2.08. The molecule has 0 radical (unpaired) electrons. The molecule has 0 aliphatic heterocycles. The molecule has 0 atom stereocenters. The second kappa shape index (κ2) is 5.77. The second-order valence-electron chi connectivity index (χ2n) is 3.92. The van der Waals surface area contributed by atoms with Gasteiger partial charge in [-0.15, -0.1) is 5.10 Å². The lowest BCUT2D eigenvalue weighted by Gasteiger charge is -2.05. The van der Waals surface area contributed by atoms with Gasteiger partial charge in [-0.1, -0.05) is 31.7 Å². The quantitative estimate of drug-likeness (QED) is 0.756. The van der Waals surface area contributed by atoms with Gasteiger partial charge in [0.25, 0.3) is 0 Å². The van der Waals surface area contributed by atoms with E-state index in [0.29, 0.717) is 5.25 Å². The predicted molar refractivity (Wildman–Crippen MR) is 66.8 cm³/mol. The first-order chi connectivity index (χ1) is 8.25. The Hall–Kier alpha value is -1.43. The lowest BCUT2D eigenvalue weighted by Crippen LogP contribution is -2.07. The van der Waals surface area contributed by atoms with Gasteiger partial charge in [-0.05, 0) is 22.6 Å². The fourth-order valence-electron chi connectivity index (χ4n) is 1.40. The lowest BCUT2D eigenvalue weighted by atomic mass is 10.3. The van der Waals surface area contributed by atoms with E-state index in [4.69, 9.17) is 0 Å². The number of pyridine rings is 1. The molecular formula is C11H15N5S. The molecule has 0 unspecified atom stereocenters. The van der Waals surface area contributed by atoms with Crippen LogP contribution >= 0.6 is 11.8 Å². The zero-order chi connectivity index (χ0) is 12.1. The molecule has 0 spiro atoms. The minimum atomic E-state index is 0.481. The molecule has 0 aliphatic carbocycles. The molecule has 0 N–H and O–H groups in total. The molecule has 2 aromatic rings. The third-order valence-corrected chi connectivity index (χ3v) is 3.12. The number of rotatable bonds is 5. The number of thioether (sulfide) groups is 1. The topological polar surface area (TPSA) is 56.5 Å². The number of nitrogens with zero attached hydrogens (tertiary/aromatic N) is 5. The third-order valence-electron chi connectivity index (χ3n) is 2.15. The van der Waals surface area contributed by atoms with Crippen LogP contribution in [-0.2, 0) is 13.0 Å². The van der Waals surface area contributed by atoms with Crippen LogP contribution in [0.2, 0.25) is 0 Å². The number of hydrogen-bond donors (Lipinski definition) is 0. The molecule has 2 aromatic heterocycles. The highest BCUT2D eigenvalue weighted by atomic mass is 32.2. The van der Waals surface area contributed by atoms with Gasteiger partial charge >= 0.3 is 0 Å². The van der Waals surface area contributed by atoms with Crippen LogP contribution in [0.1, 0.15) is 19.5 Å². The van der Waals surface area contributed by atoms with Crippen LogP contribution in [0.25, 0.3) is 0 Å². The Bertz CT molecular complexity index is 454. The standard InChI is InChI=1S/C11H15N5S/c1-9(2)17-11-13-14-15-16(11)8-6-10-5-3-4-7-12-10/h3-5,7,9H,6,8H2,1-2H3. The van der Waals surface area contributed by atoms with Crippen LogP contribution in [0.4, 0.5) is 0 Å². The number of tetrazole rings is 1. The van der Waals surface area contributed by atoms with Crippen LogP contribution < -0.4 is 0 Å². The van der Waals surface area contributed by atoms with Crippen molar-refractivity contribution >= 4 is 11.8 Å². The first-order valence-corrected chi connectivity index (χ1v) is 6.46. The van der Waals surface area contributed by atoms with Crippen molar-refractivity contribution in [3.05, 3.63) is 30.1 Å². The number of aryl methyl sites for hydroxylation is 2. The van der Waals surface area contributed by atoms with Crippen LogP contribution in [-0.4, -0.2) is 30.4 Å². The Morgan fingerprint density at radius 1 is 1.35 bits per heavy atom. The maximum Gasteiger partial charge on any atom is 0.209 e. The molecular weight excluding hydrogens is 234 g/mol. The molecule has 0 amide bonds. The fraction of sp³-hybridized carbons (Fsp3) is 0.455. The van der Waals surface area contributed by atoms with Crippen molar-refractivity contribution in [2.24, 2.45) is 0 Å². The smallest absolute Gasteiger partial charge is 0.209 e. The Kier molecular flexibility index (Phi) is 4.08. The summed E-state index contributed by atoms with van der Waals surface area (Å²) in [5.74, 6) is 0. The first-order valence-electron chi connectivity index (χ1n) is 5.58. The zero-order valence-electron chi connectivity index (χ0n) is 9.95. The molecule has 17 heavy (non-hydrogen) atoms. The van der Waals surface area contributed by atoms with Crippen LogP contribution in [0.5, 0.6) is 0 Å². The summed E-state index contributed by atoms with van der Waals surface area (Å²) >= 11 is 1.67. The summed E-state index contributed by atoms with van der Waals surface area (Å²) in [6.45, 7) is 5.02. The van der Waals surface area contributed by atoms with Gasteiger partial charge < -0.3 is 0 Å². The lowest BCUT2D eigenvalue weighted by molar-refractivity contribution is 0.543. The summed E-state index contributed by atoms with van der Waals surface area (Å²) in [6.07, 6.45) is 2.65. The third kappa shape index (κ3) is 3.52. The van der Waals surface area contributed by atoms with Gasteiger partial charge in [-0.3, -0.25) is 4.98 Å². The summed E-state index contributed by atoms with van der Waals surface area (Å²) in [4.78, 5) is 4.28. The average molecular weight is 249 g/mol. The van der Waals surface area contributed by atoms with Gasteiger partial charge in [-0.2, -0.15) is 0 Å². The molecule has 0 fully saturated rings. The number of hydrogen-bond acceptors (Lipinski definition) is 5. The average Bonchev–Trinajstić information content (AvgIpc) is 2.74. The van der Waals surface area contributed by atoms with E-state index in [1.54, 1.807) is 18.0 Å². The van der Waals surface area contributed by atoms with Crippen LogP contribution in [0.3, 0.4) is 0 Å². The molecule has 0 aromatic carbocycles. The van der Waals surface area contributed by atoms with E-state index >= 15 is 0 Å². The van der Waals surface area contributed by atoms with Gasteiger partial charge in [0, 0.05) is 23.6 Å². The van der Waals surface area contributed by atoms with E-state index in [0.717, 1.165) is 23.8 Å². The van der Waals surface area contributed by atoms with Crippen molar-refractivity contribution in [1.29, 1.82) is 0 Å².